The van der Waals surface area contributed by atoms with Crippen molar-refractivity contribution in [3.8, 4) is 5.75 Å². The molecule has 0 aliphatic carbocycles. The van der Waals surface area contributed by atoms with Gasteiger partial charge in [0.1, 0.15) is 12.4 Å². The lowest BCUT2D eigenvalue weighted by Crippen LogP contribution is -2.19. The van der Waals surface area contributed by atoms with E-state index < -0.39 is 0 Å². The van der Waals surface area contributed by atoms with Gasteiger partial charge in [-0.15, -0.1) is 12.4 Å². The molecule has 3 rings (SSSR count). The van der Waals surface area contributed by atoms with Gasteiger partial charge in [0.25, 0.3) is 0 Å². The summed E-state index contributed by atoms with van der Waals surface area (Å²) in [4.78, 5) is 11.2. The van der Waals surface area contributed by atoms with Crippen LogP contribution in [-0.4, -0.2) is 19.8 Å². The first-order chi connectivity index (χ1) is 8.79. The molecule has 5 heteroatoms. The molecule has 1 aliphatic heterocycles. The summed E-state index contributed by atoms with van der Waals surface area (Å²) in [5, 5.41) is 4.99. The molecule has 0 radical (unpaired) electrons. The van der Waals surface area contributed by atoms with Crippen LogP contribution < -0.4 is 10.1 Å². The number of benzene rings is 2. The standard InChI is InChI=1S/C14H13NO3.ClH/c1-17-12-7-6-9-4-2-3-5-10(9)13(12)11-8-18-14(16)15-11;/h2-7,11H,8H2,1H3,(H,15,16);1H/t11-;/m0./s1. The largest absolute Gasteiger partial charge is 0.496 e. The third kappa shape index (κ3) is 2.31. The molecule has 19 heavy (non-hydrogen) atoms. The maximum atomic E-state index is 11.2. The zero-order chi connectivity index (χ0) is 12.5. The number of rotatable bonds is 2. The minimum Gasteiger partial charge on any atom is -0.496 e. The molecule has 0 bridgehead atoms. The fourth-order valence-corrected chi connectivity index (χ4v) is 2.35. The van der Waals surface area contributed by atoms with Crippen LogP contribution in [0.4, 0.5) is 4.79 Å². The monoisotopic (exact) mass is 279 g/mol. The molecule has 1 amide bonds. The molecule has 1 fully saturated rings. The lowest BCUT2D eigenvalue weighted by Gasteiger charge is -2.15. The topological polar surface area (TPSA) is 47.6 Å². The van der Waals surface area contributed by atoms with Crippen LogP contribution in [0.1, 0.15) is 11.6 Å². The third-order valence-electron chi connectivity index (χ3n) is 3.17. The second-order valence-electron chi connectivity index (χ2n) is 4.20. The predicted octanol–water partition coefficient (Wildman–Crippen LogP) is 3.05. The van der Waals surface area contributed by atoms with Crippen molar-refractivity contribution in [3.63, 3.8) is 0 Å². The fourth-order valence-electron chi connectivity index (χ4n) is 2.35. The van der Waals surface area contributed by atoms with Crippen molar-refractivity contribution < 1.29 is 14.3 Å². The van der Waals surface area contributed by atoms with Crippen molar-refractivity contribution >= 4 is 29.3 Å². The van der Waals surface area contributed by atoms with Crippen LogP contribution in [0, 0.1) is 0 Å². The number of cyclic esters (lactones) is 1. The summed E-state index contributed by atoms with van der Waals surface area (Å²) < 4.78 is 10.4. The Morgan fingerprint density at radius 2 is 2.05 bits per heavy atom. The van der Waals surface area contributed by atoms with Crippen LogP contribution in [0.5, 0.6) is 5.75 Å². The molecule has 2 aromatic carbocycles. The molecule has 0 aromatic heterocycles. The Bertz CT molecular complexity index is 615. The summed E-state index contributed by atoms with van der Waals surface area (Å²) >= 11 is 0. The van der Waals surface area contributed by atoms with Crippen molar-refractivity contribution in [1.29, 1.82) is 0 Å². The van der Waals surface area contributed by atoms with Crippen molar-refractivity contribution in [3.05, 3.63) is 42.0 Å². The Hall–Kier alpha value is -1.94. The summed E-state index contributed by atoms with van der Waals surface area (Å²) in [6.45, 7) is 0.337. The molecule has 0 spiro atoms. The Morgan fingerprint density at radius 1 is 1.26 bits per heavy atom. The van der Waals surface area contributed by atoms with Crippen LogP contribution in [0.15, 0.2) is 36.4 Å². The van der Waals surface area contributed by atoms with Gasteiger partial charge in [0.2, 0.25) is 0 Å². The minimum absolute atomic E-state index is 0. The zero-order valence-electron chi connectivity index (χ0n) is 10.4. The highest BCUT2D eigenvalue weighted by Crippen LogP contribution is 2.34. The van der Waals surface area contributed by atoms with Gasteiger partial charge in [-0.25, -0.2) is 4.79 Å². The SMILES string of the molecule is COc1ccc2ccccc2c1[C@@H]1COC(=O)N1.Cl. The number of hydrogen-bond donors (Lipinski definition) is 1. The zero-order valence-corrected chi connectivity index (χ0v) is 11.2. The number of carbonyl (C=O) groups is 1. The number of alkyl carbamates (subject to hydrolysis) is 1. The highest BCUT2D eigenvalue weighted by Gasteiger charge is 2.27. The fraction of sp³-hybridized carbons (Fsp3) is 0.214. The molecule has 0 unspecified atom stereocenters. The molecule has 4 nitrogen and oxygen atoms in total. The van der Waals surface area contributed by atoms with Crippen LogP contribution >= 0.6 is 12.4 Å². The molecular weight excluding hydrogens is 266 g/mol. The van der Waals surface area contributed by atoms with E-state index >= 15 is 0 Å². The third-order valence-corrected chi connectivity index (χ3v) is 3.17. The molecule has 1 N–H and O–H groups in total. The number of fused-ring (bicyclic) bond motifs is 1. The highest BCUT2D eigenvalue weighted by atomic mass is 35.5. The van der Waals surface area contributed by atoms with E-state index in [1.165, 1.54) is 0 Å². The van der Waals surface area contributed by atoms with Crippen molar-refractivity contribution in [2.75, 3.05) is 13.7 Å². The van der Waals surface area contributed by atoms with Crippen LogP contribution in [-0.2, 0) is 4.74 Å². The van der Waals surface area contributed by atoms with Crippen LogP contribution in [0.25, 0.3) is 10.8 Å². The maximum Gasteiger partial charge on any atom is 0.407 e. The summed E-state index contributed by atoms with van der Waals surface area (Å²) in [5.74, 6) is 0.768. The van der Waals surface area contributed by atoms with E-state index in [-0.39, 0.29) is 24.5 Å². The number of ether oxygens (including phenoxy) is 2. The van der Waals surface area contributed by atoms with E-state index in [9.17, 15) is 4.79 Å². The van der Waals surface area contributed by atoms with Gasteiger partial charge in [-0.2, -0.15) is 0 Å². The van der Waals surface area contributed by atoms with Crippen LogP contribution in [0.3, 0.4) is 0 Å². The average molecular weight is 280 g/mol. The first-order valence-electron chi connectivity index (χ1n) is 5.78. The van der Waals surface area contributed by atoms with Gasteiger partial charge >= 0.3 is 6.09 Å². The Morgan fingerprint density at radius 3 is 2.74 bits per heavy atom. The van der Waals surface area contributed by atoms with Crippen molar-refractivity contribution in [2.24, 2.45) is 0 Å². The second kappa shape index (κ2) is 5.36. The molecule has 1 aliphatic rings. The minimum atomic E-state index is -0.380. The molecule has 1 heterocycles. The highest BCUT2D eigenvalue weighted by molar-refractivity contribution is 5.89. The average Bonchev–Trinajstić information content (AvgIpc) is 2.83. The number of amides is 1. The summed E-state index contributed by atoms with van der Waals surface area (Å²) in [7, 11) is 1.63. The van der Waals surface area contributed by atoms with Gasteiger partial charge in [0.05, 0.1) is 13.2 Å². The van der Waals surface area contributed by atoms with E-state index in [0.29, 0.717) is 6.61 Å². The lowest BCUT2D eigenvalue weighted by molar-refractivity contribution is 0.177. The number of carbonyl (C=O) groups excluding carboxylic acids is 1. The first kappa shape index (κ1) is 13.5. The quantitative estimate of drug-likeness (QED) is 0.919. The molecule has 1 atom stereocenters. The predicted molar refractivity (Wildman–Crippen MR) is 75.0 cm³/mol. The van der Waals surface area contributed by atoms with Gasteiger partial charge in [-0.1, -0.05) is 30.3 Å². The smallest absolute Gasteiger partial charge is 0.407 e. The number of hydrogen-bond acceptors (Lipinski definition) is 3. The van der Waals surface area contributed by atoms with E-state index in [4.69, 9.17) is 9.47 Å². The summed E-state index contributed by atoms with van der Waals surface area (Å²) in [6.07, 6.45) is -0.380. The van der Waals surface area contributed by atoms with E-state index in [1.807, 2.05) is 36.4 Å². The van der Waals surface area contributed by atoms with E-state index in [1.54, 1.807) is 7.11 Å². The number of methoxy groups -OCH3 is 1. The first-order valence-corrected chi connectivity index (χ1v) is 5.78. The normalized spacial score (nSPS) is 17.5. The Balaban J connectivity index is 0.00000133. The van der Waals surface area contributed by atoms with Gasteiger partial charge in [-0.3, -0.25) is 0 Å². The van der Waals surface area contributed by atoms with Crippen molar-refractivity contribution in [1.82, 2.24) is 5.32 Å². The van der Waals surface area contributed by atoms with Crippen LogP contribution in [0.2, 0.25) is 0 Å². The van der Waals surface area contributed by atoms with E-state index in [0.717, 1.165) is 22.1 Å². The number of nitrogens with one attached hydrogen (secondary N) is 1. The number of halogens is 1. The second-order valence-corrected chi connectivity index (χ2v) is 4.20. The van der Waals surface area contributed by atoms with E-state index in [2.05, 4.69) is 5.32 Å². The summed E-state index contributed by atoms with van der Waals surface area (Å²) in [6, 6.07) is 11.8. The Kier molecular flexibility index (Phi) is 3.81. The summed E-state index contributed by atoms with van der Waals surface area (Å²) in [5.41, 5.74) is 0.974. The molecular formula is C14H14ClNO3. The maximum absolute atomic E-state index is 11.2. The van der Waals surface area contributed by atoms with Gasteiger partial charge < -0.3 is 14.8 Å². The van der Waals surface area contributed by atoms with Gasteiger partial charge in [0.15, 0.2) is 0 Å². The molecule has 100 valence electrons. The molecule has 2 aromatic rings. The van der Waals surface area contributed by atoms with Gasteiger partial charge in [0, 0.05) is 5.56 Å². The van der Waals surface area contributed by atoms with Crippen molar-refractivity contribution in [2.45, 2.75) is 6.04 Å². The Labute approximate surface area is 117 Å². The molecule has 1 saturated heterocycles. The lowest BCUT2D eigenvalue weighted by atomic mass is 9.98. The van der Waals surface area contributed by atoms with Gasteiger partial charge in [-0.05, 0) is 16.8 Å². The molecule has 0 saturated carbocycles.